The van der Waals surface area contributed by atoms with Crippen molar-refractivity contribution < 1.29 is 53.5 Å². The number of aliphatic hydroxyl groups excluding tert-OH is 1. The van der Waals surface area contributed by atoms with Crippen molar-refractivity contribution in [2.75, 3.05) is 6.61 Å². The van der Waals surface area contributed by atoms with E-state index in [0.717, 1.165) is 0 Å². The molecule has 0 spiro atoms. The van der Waals surface area contributed by atoms with E-state index in [-0.39, 0.29) is 0 Å². The Balaban J connectivity index is 3.10. The molecule has 0 radical (unpaired) electrons. The Kier molecular flexibility index (Phi) is 5.07. The van der Waals surface area contributed by atoms with Gasteiger partial charge in [-0.25, -0.2) is 0 Å². The number of rotatable bonds is 6. The van der Waals surface area contributed by atoms with Gasteiger partial charge in [-0.1, -0.05) is 0 Å². The molecule has 0 saturated carbocycles. The quantitative estimate of drug-likeness (QED) is 0.471. The summed E-state index contributed by atoms with van der Waals surface area (Å²) in [6.07, 6.45) is -7.95. The van der Waals surface area contributed by atoms with Gasteiger partial charge >= 0.3 is 23.9 Å². The van der Waals surface area contributed by atoms with Gasteiger partial charge in [-0.05, 0) is 0 Å². The lowest BCUT2D eigenvalue weighted by Crippen LogP contribution is -2.46. The third-order valence-corrected chi connectivity index (χ3v) is 2.82. The number of ether oxygens (including phenoxy) is 5. The highest BCUT2D eigenvalue weighted by molar-refractivity contribution is 5.68. The number of carbonyl (C=O) groups is 4. The van der Waals surface area contributed by atoms with E-state index in [9.17, 15) is 24.3 Å². The van der Waals surface area contributed by atoms with Gasteiger partial charge in [-0.2, -0.15) is 0 Å². The molecule has 10 nitrogen and oxygen atoms in total. The lowest BCUT2D eigenvalue weighted by Gasteiger charge is -2.27. The van der Waals surface area contributed by atoms with Crippen molar-refractivity contribution in [2.24, 2.45) is 0 Å². The highest BCUT2D eigenvalue weighted by Crippen LogP contribution is 2.29. The van der Waals surface area contributed by atoms with Crippen LogP contribution in [0.15, 0.2) is 0 Å². The maximum Gasteiger partial charge on any atom is 0.303 e. The normalized spacial score (nSPS) is 29.2. The van der Waals surface area contributed by atoms with Crippen molar-refractivity contribution >= 4 is 23.9 Å². The lowest BCUT2D eigenvalue weighted by atomic mass is 10.1. The Morgan fingerprint density at radius 1 is 1.00 bits per heavy atom. The zero-order valence-electron chi connectivity index (χ0n) is 16.5. The number of esters is 4. The topological polar surface area (TPSA) is 135 Å². The van der Waals surface area contributed by atoms with E-state index in [2.05, 4.69) is 0 Å². The highest BCUT2D eigenvalue weighted by Gasteiger charge is 2.52. The molecule has 24 heavy (non-hydrogen) atoms. The molecule has 10 heteroatoms. The third-order valence-electron chi connectivity index (χ3n) is 2.82. The molecular formula is C14H20O10. The summed E-state index contributed by atoms with van der Waals surface area (Å²) in [5.74, 6) is -4.17. The predicted octanol–water partition coefficient (Wildman–Crippen LogP) is -0.938. The molecule has 0 aliphatic carbocycles. The van der Waals surface area contributed by atoms with Crippen LogP contribution in [-0.2, 0) is 42.9 Å². The zero-order chi connectivity index (χ0) is 21.3. The van der Waals surface area contributed by atoms with Gasteiger partial charge in [0.1, 0.15) is 12.7 Å². The summed E-state index contributed by atoms with van der Waals surface area (Å²) in [6.45, 7) is -3.80. The summed E-state index contributed by atoms with van der Waals surface area (Å²) < 4.78 is 52.5. The Labute approximate surface area is 143 Å². The third kappa shape index (κ3) is 5.78. The number of carbonyl (C=O) groups excluding carboxylic acids is 4. The average molecular weight is 352 g/mol. The number of hydrogen-bond donors (Lipinski definition) is 1. The molecule has 0 aromatic heterocycles. The molecule has 136 valence electrons. The van der Waals surface area contributed by atoms with Gasteiger partial charge in [0, 0.05) is 33.1 Å². The molecule has 1 saturated heterocycles. The molecule has 0 amide bonds. The van der Waals surface area contributed by atoms with Gasteiger partial charge in [-0.15, -0.1) is 0 Å². The largest absolute Gasteiger partial charge is 0.462 e. The van der Waals surface area contributed by atoms with Crippen molar-refractivity contribution in [3.05, 3.63) is 0 Å². The molecule has 1 fully saturated rings. The van der Waals surface area contributed by atoms with E-state index >= 15 is 0 Å². The minimum atomic E-state index is -1.84. The van der Waals surface area contributed by atoms with E-state index in [1.54, 1.807) is 0 Å². The van der Waals surface area contributed by atoms with E-state index in [1.165, 1.54) is 0 Å². The molecule has 1 rings (SSSR count). The number of hydrogen-bond acceptors (Lipinski definition) is 10. The van der Waals surface area contributed by atoms with Crippen molar-refractivity contribution in [3.63, 3.8) is 0 Å². The summed E-state index contributed by atoms with van der Waals surface area (Å²) in [6, 6.07) is 0. The van der Waals surface area contributed by atoms with Crippen LogP contribution < -0.4 is 0 Å². The van der Waals surface area contributed by atoms with Gasteiger partial charge in [0.25, 0.3) is 0 Å². The van der Waals surface area contributed by atoms with E-state index in [4.69, 9.17) is 29.2 Å². The molecule has 1 heterocycles. The second-order valence-corrected chi connectivity index (χ2v) is 4.61. The standard InChI is InChI=1S/C14H20O10/c1-6(15)20-5-10(21-7(2)16)11-12(22-8(3)17)13(14(19)24-11)23-9(4)18/h10-14,19H,5H2,1-4H3/t10-,11-,12+,13-,14?/m1/s1/i1D,2D,3D,4D. The Morgan fingerprint density at radius 2 is 1.58 bits per heavy atom. The molecule has 5 atom stereocenters. The van der Waals surface area contributed by atoms with Crippen LogP contribution in [0.3, 0.4) is 0 Å². The first-order valence-electron chi connectivity index (χ1n) is 9.34. The first-order valence-corrected chi connectivity index (χ1v) is 6.51. The summed E-state index contributed by atoms with van der Waals surface area (Å²) >= 11 is 0. The van der Waals surface area contributed by atoms with Gasteiger partial charge in [-0.3, -0.25) is 19.2 Å². The van der Waals surface area contributed by atoms with Crippen molar-refractivity contribution in [3.8, 4) is 0 Å². The van der Waals surface area contributed by atoms with Crippen LogP contribution in [0.2, 0.25) is 0 Å². The van der Waals surface area contributed by atoms with Gasteiger partial charge in [0.05, 0.1) is 0 Å². The maximum atomic E-state index is 11.6. The minimum Gasteiger partial charge on any atom is -0.462 e. The zero-order valence-corrected chi connectivity index (χ0v) is 12.5. The Bertz CT molecular complexity index is 574. The van der Waals surface area contributed by atoms with E-state index in [0.29, 0.717) is 0 Å². The minimum absolute atomic E-state index is 0.658. The molecule has 0 bridgehead atoms. The molecular weight excluding hydrogens is 328 g/mol. The smallest absolute Gasteiger partial charge is 0.303 e. The van der Waals surface area contributed by atoms with Crippen molar-refractivity contribution in [2.45, 2.75) is 58.3 Å². The van der Waals surface area contributed by atoms with E-state index in [1.807, 2.05) is 0 Å². The molecule has 0 aromatic rings. The monoisotopic (exact) mass is 352 g/mol. The van der Waals surface area contributed by atoms with Gasteiger partial charge in [0.15, 0.2) is 24.6 Å². The first kappa shape index (κ1) is 14.2. The second-order valence-electron chi connectivity index (χ2n) is 4.61. The molecule has 1 unspecified atom stereocenters. The summed E-state index contributed by atoms with van der Waals surface area (Å²) in [4.78, 5) is 45.7. The van der Waals surface area contributed by atoms with Crippen LogP contribution in [0.25, 0.3) is 0 Å². The predicted molar refractivity (Wildman–Crippen MR) is 74.2 cm³/mol. The fourth-order valence-corrected chi connectivity index (χ4v) is 2.07. The van der Waals surface area contributed by atoms with Crippen LogP contribution >= 0.6 is 0 Å². The maximum absolute atomic E-state index is 11.6. The van der Waals surface area contributed by atoms with Crippen LogP contribution in [-0.4, -0.2) is 66.3 Å². The SMILES string of the molecule is [2H]CC(=O)OC[C@@H](OC(=O)C[2H])[C@H]1OC(O)[C@H](OC(=O)C[2H])[C@H]1OC(=O)C[2H]. The van der Waals surface area contributed by atoms with Gasteiger partial charge < -0.3 is 28.8 Å². The lowest BCUT2D eigenvalue weighted by molar-refractivity contribution is -0.184. The van der Waals surface area contributed by atoms with E-state index < -0.39 is 88.8 Å². The molecule has 1 aliphatic rings. The Hall–Kier alpha value is -2.20. The van der Waals surface area contributed by atoms with Crippen LogP contribution in [0.5, 0.6) is 0 Å². The van der Waals surface area contributed by atoms with Crippen molar-refractivity contribution in [1.82, 2.24) is 0 Å². The molecule has 0 aromatic carbocycles. The fraction of sp³-hybridized carbons (Fsp3) is 0.714. The summed E-state index contributed by atoms with van der Waals surface area (Å²) in [5.41, 5.74) is 0. The fourth-order valence-electron chi connectivity index (χ4n) is 2.07. The average Bonchev–Trinajstić information content (AvgIpc) is 2.99. The second kappa shape index (κ2) is 8.60. The Morgan fingerprint density at radius 3 is 2.17 bits per heavy atom. The number of aliphatic hydroxyl groups is 1. The highest BCUT2D eigenvalue weighted by atomic mass is 16.7. The first-order chi connectivity index (χ1) is 13.3. The summed E-state index contributed by atoms with van der Waals surface area (Å²) in [5, 5.41) is 10.0. The van der Waals surface area contributed by atoms with Crippen molar-refractivity contribution in [1.29, 1.82) is 0 Å². The molecule has 1 aliphatic heterocycles. The van der Waals surface area contributed by atoms with Crippen LogP contribution in [0.1, 0.15) is 33.1 Å². The molecule has 1 N–H and O–H groups in total. The van der Waals surface area contributed by atoms with Gasteiger partial charge in [0.2, 0.25) is 0 Å². The van der Waals surface area contributed by atoms with Crippen LogP contribution in [0, 0.1) is 0 Å². The summed E-state index contributed by atoms with van der Waals surface area (Å²) in [7, 11) is 0. The van der Waals surface area contributed by atoms with Crippen LogP contribution in [0.4, 0.5) is 0 Å².